The van der Waals surface area contributed by atoms with Crippen molar-refractivity contribution in [2.45, 2.75) is 13.3 Å². The molecule has 10 aromatic carbocycles. The van der Waals surface area contributed by atoms with Gasteiger partial charge in [0, 0.05) is 54.7 Å². The molecular formula is C63H41N3O2. The zero-order valence-electron chi connectivity index (χ0n) is 37.1. The number of allylic oxidation sites excluding steroid dienone is 1. The number of benzene rings is 10. The fourth-order valence-electron chi connectivity index (χ4n) is 10.7. The molecule has 68 heavy (non-hydrogen) atoms. The molecule has 4 heterocycles. The lowest BCUT2D eigenvalue weighted by Gasteiger charge is -2.19. The molecule has 0 N–H and O–H groups in total. The average molecular weight is 872 g/mol. The lowest BCUT2D eigenvalue weighted by molar-refractivity contribution is 0.669. The molecule has 3 aromatic heterocycles. The van der Waals surface area contributed by atoms with Gasteiger partial charge >= 0.3 is 0 Å². The van der Waals surface area contributed by atoms with E-state index in [-0.39, 0.29) is 5.92 Å². The average Bonchev–Trinajstić information content (AvgIpc) is 4.07. The molecule has 13 aromatic rings. The number of hydrogen-bond donors (Lipinski definition) is 0. The molecular weight excluding hydrogens is 831 g/mol. The van der Waals surface area contributed by atoms with Crippen molar-refractivity contribution in [1.82, 2.24) is 4.57 Å². The molecule has 320 valence electrons. The summed E-state index contributed by atoms with van der Waals surface area (Å²) in [5.74, 6) is 0.688. The number of furan rings is 2. The van der Waals surface area contributed by atoms with Crippen LogP contribution in [0.5, 0.6) is 0 Å². The van der Waals surface area contributed by atoms with Gasteiger partial charge in [-0.3, -0.25) is 0 Å². The highest BCUT2D eigenvalue weighted by atomic mass is 16.3. The second-order valence-electron chi connectivity index (χ2n) is 18.1. The highest BCUT2D eigenvalue weighted by Crippen LogP contribution is 2.43. The fraction of sp³-hybridized carbons (Fsp3) is 0.0476. The summed E-state index contributed by atoms with van der Waals surface area (Å²) in [7, 11) is 0. The lowest BCUT2D eigenvalue weighted by Crippen LogP contribution is -2.17. The van der Waals surface area contributed by atoms with Gasteiger partial charge in [0.15, 0.2) is 11.4 Å². The SMILES string of the molecule is CC1C/C=C(c2ccc3oc4ccccc4c3c2)/N=C(c2ccc(-n3c4ccccc4c4cc5ccccc5cc43)c3oc4c5ccccc5ccc4c23)\N=C/1c1cccc(-c2ccccc2)c1. The Bertz CT molecular complexity index is 4310. The predicted molar refractivity (Wildman–Crippen MR) is 284 cm³/mol. The maximum atomic E-state index is 7.33. The van der Waals surface area contributed by atoms with Crippen molar-refractivity contribution in [1.29, 1.82) is 0 Å². The summed E-state index contributed by atoms with van der Waals surface area (Å²) in [5, 5.41) is 11.1. The maximum Gasteiger partial charge on any atom is 0.160 e. The first kappa shape index (κ1) is 38.5. The Morgan fingerprint density at radius 3 is 2.04 bits per heavy atom. The van der Waals surface area contributed by atoms with Crippen LogP contribution in [0.1, 0.15) is 30.0 Å². The monoisotopic (exact) mass is 871 g/mol. The Labute approximate surface area is 391 Å². The summed E-state index contributed by atoms with van der Waals surface area (Å²) in [6.45, 7) is 2.28. The molecule has 0 fully saturated rings. The summed E-state index contributed by atoms with van der Waals surface area (Å²) in [4.78, 5) is 11.4. The van der Waals surface area contributed by atoms with Crippen LogP contribution in [0.25, 0.3) is 110 Å². The standard InChI is InChI=1S/C63H41N3O2/c1-38-26-31-53(44-28-33-58-52(36-44)48-23-10-12-25-57(48)67-58)64-63(65-60(38)45-20-13-19-41(34-45)39-14-3-2-4-15-39)50-30-32-55(62-59(50)49-29-27-40-16-7-8-21-46(40)61(49)68-62)66-54-24-11-9-22-47(54)51-35-42-17-5-6-18-43(42)37-56(51)66/h2-25,27-38H,26H2,1H3/b53-31+,64-63-,65-60+. The maximum absolute atomic E-state index is 7.33. The van der Waals surface area contributed by atoms with Gasteiger partial charge in [0.2, 0.25) is 0 Å². The normalized spacial score (nSPS) is 16.9. The van der Waals surface area contributed by atoms with Crippen molar-refractivity contribution in [2.24, 2.45) is 15.9 Å². The first-order valence-electron chi connectivity index (χ1n) is 23.4. The van der Waals surface area contributed by atoms with Crippen LogP contribution in [0.3, 0.4) is 0 Å². The topological polar surface area (TPSA) is 55.9 Å². The Hall–Kier alpha value is -8.80. The van der Waals surface area contributed by atoms with E-state index in [1.54, 1.807) is 0 Å². The second-order valence-corrected chi connectivity index (χ2v) is 18.1. The molecule has 0 radical (unpaired) electrons. The fourth-order valence-corrected chi connectivity index (χ4v) is 10.7. The van der Waals surface area contributed by atoms with Gasteiger partial charge in [-0.05, 0) is 106 Å². The van der Waals surface area contributed by atoms with E-state index < -0.39 is 0 Å². The molecule has 1 aliphatic heterocycles. The van der Waals surface area contributed by atoms with Crippen LogP contribution in [0.15, 0.2) is 231 Å². The third-order valence-electron chi connectivity index (χ3n) is 14.0. The van der Waals surface area contributed by atoms with Gasteiger partial charge in [-0.25, -0.2) is 9.98 Å². The van der Waals surface area contributed by atoms with Crippen LogP contribution < -0.4 is 0 Å². The van der Waals surface area contributed by atoms with Gasteiger partial charge < -0.3 is 13.4 Å². The summed E-state index contributed by atoms with van der Waals surface area (Å²) >= 11 is 0. The van der Waals surface area contributed by atoms with Crippen molar-refractivity contribution in [3.05, 3.63) is 229 Å². The van der Waals surface area contributed by atoms with Gasteiger partial charge in [-0.2, -0.15) is 0 Å². The zero-order chi connectivity index (χ0) is 44.9. The first-order chi connectivity index (χ1) is 33.6. The number of aliphatic imine (C=N–C) groups is 2. The smallest absolute Gasteiger partial charge is 0.160 e. The molecule has 1 unspecified atom stereocenters. The van der Waals surface area contributed by atoms with Crippen molar-refractivity contribution in [3.8, 4) is 16.8 Å². The van der Waals surface area contributed by atoms with Crippen LogP contribution in [0, 0.1) is 5.92 Å². The number of amidine groups is 1. The molecule has 5 heteroatoms. The number of hydrogen-bond acceptors (Lipinski definition) is 4. The van der Waals surface area contributed by atoms with Gasteiger partial charge in [0.1, 0.15) is 16.7 Å². The van der Waals surface area contributed by atoms with Gasteiger partial charge in [-0.1, -0.05) is 153 Å². The summed E-state index contributed by atoms with van der Waals surface area (Å²) in [5.41, 5.74) is 13.7. The van der Waals surface area contributed by atoms with Crippen molar-refractivity contribution >= 4 is 104 Å². The largest absolute Gasteiger partial charge is 0.456 e. The number of aromatic nitrogens is 1. The first-order valence-corrected chi connectivity index (χ1v) is 23.4. The molecule has 0 amide bonds. The minimum Gasteiger partial charge on any atom is -0.456 e. The third kappa shape index (κ3) is 6.02. The van der Waals surface area contributed by atoms with Crippen molar-refractivity contribution in [2.75, 3.05) is 0 Å². The van der Waals surface area contributed by atoms with Crippen LogP contribution in [-0.2, 0) is 0 Å². The lowest BCUT2D eigenvalue weighted by atomic mass is 9.91. The highest BCUT2D eigenvalue weighted by molar-refractivity contribution is 6.27. The van der Waals surface area contributed by atoms with E-state index in [2.05, 4.69) is 212 Å². The van der Waals surface area contributed by atoms with E-state index >= 15 is 0 Å². The van der Waals surface area contributed by atoms with Gasteiger partial charge in [0.05, 0.1) is 28.1 Å². The molecule has 14 rings (SSSR count). The minimum atomic E-state index is 0.0623. The van der Waals surface area contributed by atoms with Crippen LogP contribution >= 0.6 is 0 Å². The molecule has 0 aliphatic carbocycles. The number of fused-ring (bicyclic) bond motifs is 12. The summed E-state index contributed by atoms with van der Waals surface area (Å²) < 4.78 is 16.0. The Kier molecular flexibility index (Phi) is 8.56. The van der Waals surface area contributed by atoms with E-state index in [1.165, 1.54) is 27.1 Å². The molecule has 0 saturated carbocycles. The van der Waals surface area contributed by atoms with E-state index in [0.717, 1.165) is 111 Å². The van der Waals surface area contributed by atoms with Crippen LogP contribution in [-0.4, -0.2) is 16.1 Å². The molecule has 5 nitrogen and oxygen atoms in total. The Morgan fingerprint density at radius 2 is 1.16 bits per heavy atom. The summed E-state index contributed by atoms with van der Waals surface area (Å²) in [6, 6.07) is 73.3. The summed E-state index contributed by atoms with van der Waals surface area (Å²) in [6.07, 6.45) is 3.04. The quantitative estimate of drug-likeness (QED) is 0.173. The van der Waals surface area contributed by atoms with Gasteiger partial charge in [0.25, 0.3) is 0 Å². The van der Waals surface area contributed by atoms with E-state index in [4.69, 9.17) is 18.8 Å². The molecule has 1 aliphatic rings. The predicted octanol–water partition coefficient (Wildman–Crippen LogP) is 16.9. The molecule has 0 bridgehead atoms. The number of para-hydroxylation sites is 2. The number of rotatable bonds is 5. The zero-order valence-corrected chi connectivity index (χ0v) is 37.1. The molecule has 0 saturated heterocycles. The molecule has 0 spiro atoms. The Balaban J connectivity index is 1.06. The minimum absolute atomic E-state index is 0.0623. The van der Waals surface area contributed by atoms with Crippen molar-refractivity contribution < 1.29 is 8.83 Å². The third-order valence-corrected chi connectivity index (χ3v) is 14.0. The number of nitrogens with zero attached hydrogens (tertiary/aromatic N) is 3. The van der Waals surface area contributed by atoms with Gasteiger partial charge in [-0.15, -0.1) is 0 Å². The van der Waals surface area contributed by atoms with E-state index in [0.29, 0.717) is 5.84 Å². The van der Waals surface area contributed by atoms with E-state index in [9.17, 15) is 0 Å². The molecule has 1 atom stereocenters. The van der Waals surface area contributed by atoms with Crippen LogP contribution in [0.2, 0.25) is 0 Å². The highest BCUT2D eigenvalue weighted by Gasteiger charge is 2.26. The van der Waals surface area contributed by atoms with Crippen LogP contribution in [0.4, 0.5) is 0 Å². The van der Waals surface area contributed by atoms with E-state index in [1.807, 2.05) is 12.1 Å². The second kappa shape index (κ2) is 15.1. The Morgan fingerprint density at radius 1 is 0.441 bits per heavy atom. The van der Waals surface area contributed by atoms with Crippen molar-refractivity contribution in [3.63, 3.8) is 0 Å².